The molecule has 196 valence electrons. The van der Waals surface area contributed by atoms with E-state index in [0.717, 1.165) is 44.1 Å². The van der Waals surface area contributed by atoms with Crippen molar-refractivity contribution in [1.29, 1.82) is 0 Å². The van der Waals surface area contributed by atoms with Crippen LogP contribution in [0.2, 0.25) is 0 Å². The van der Waals surface area contributed by atoms with Gasteiger partial charge >= 0.3 is 6.09 Å². The summed E-state index contributed by atoms with van der Waals surface area (Å²) in [5.41, 5.74) is 5.83. The van der Waals surface area contributed by atoms with Crippen LogP contribution in [-0.2, 0) is 40.4 Å². The summed E-state index contributed by atoms with van der Waals surface area (Å²) in [6, 6.07) is 23.5. The van der Waals surface area contributed by atoms with Gasteiger partial charge in [-0.1, -0.05) is 66.7 Å². The van der Waals surface area contributed by atoms with E-state index in [4.69, 9.17) is 4.74 Å². The number of hydrogen-bond acceptors (Lipinski definition) is 4. The second kappa shape index (κ2) is 10.5. The Morgan fingerprint density at radius 1 is 0.974 bits per heavy atom. The molecule has 0 radical (unpaired) electrons. The molecule has 5 aromatic rings. The average molecular weight is 521 g/mol. The second-order valence-corrected chi connectivity index (χ2v) is 9.80. The first-order valence-electron chi connectivity index (χ1n) is 13.0. The Hall–Kier alpha value is -4.85. The SMILES string of the molecule is O=CNC(=O)C(Cc1cn2c3c(cccc13)CN(C(=O)OCc1ccccc1)CC2)c1c[nH]c2ccccc12. The lowest BCUT2D eigenvalue weighted by Crippen LogP contribution is -2.32. The summed E-state index contributed by atoms with van der Waals surface area (Å²) in [7, 11) is 0. The third-order valence-electron chi connectivity index (χ3n) is 7.44. The van der Waals surface area contributed by atoms with Crippen molar-refractivity contribution in [2.24, 2.45) is 0 Å². The van der Waals surface area contributed by atoms with E-state index >= 15 is 0 Å². The molecule has 0 saturated heterocycles. The Kier molecular flexibility index (Phi) is 6.59. The number of fused-ring (bicyclic) bond motifs is 1. The molecule has 39 heavy (non-hydrogen) atoms. The fourth-order valence-electron chi connectivity index (χ4n) is 5.56. The van der Waals surface area contributed by atoms with Gasteiger partial charge in [-0.05, 0) is 34.7 Å². The topological polar surface area (TPSA) is 96.4 Å². The van der Waals surface area contributed by atoms with Crippen LogP contribution < -0.4 is 5.32 Å². The third-order valence-corrected chi connectivity index (χ3v) is 7.44. The molecule has 3 heterocycles. The minimum Gasteiger partial charge on any atom is -0.445 e. The Morgan fingerprint density at radius 2 is 1.77 bits per heavy atom. The molecule has 2 N–H and O–H groups in total. The first-order chi connectivity index (χ1) is 19.1. The highest BCUT2D eigenvalue weighted by Gasteiger charge is 2.28. The Balaban J connectivity index is 1.28. The molecule has 3 amide bonds. The normalized spacial score (nSPS) is 13.7. The lowest BCUT2D eigenvalue weighted by molar-refractivity contribution is -0.126. The molecule has 1 aliphatic rings. The lowest BCUT2D eigenvalue weighted by atomic mass is 9.90. The summed E-state index contributed by atoms with van der Waals surface area (Å²) in [5.74, 6) is -0.896. The van der Waals surface area contributed by atoms with Crippen LogP contribution in [0, 0.1) is 0 Å². The molecule has 0 spiro atoms. The molecule has 0 saturated carbocycles. The fourth-order valence-corrected chi connectivity index (χ4v) is 5.56. The first kappa shape index (κ1) is 24.5. The van der Waals surface area contributed by atoms with Crippen molar-refractivity contribution in [1.82, 2.24) is 19.8 Å². The van der Waals surface area contributed by atoms with Gasteiger partial charge in [-0.3, -0.25) is 14.9 Å². The number of H-pyrrole nitrogens is 1. The summed E-state index contributed by atoms with van der Waals surface area (Å²) in [5, 5.41) is 4.36. The summed E-state index contributed by atoms with van der Waals surface area (Å²) in [6.07, 6.45) is 4.45. The van der Waals surface area contributed by atoms with E-state index in [1.807, 2.05) is 72.9 Å². The molecule has 0 aliphatic carbocycles. The molecule has 0 bridgehead atoms. The minimum atomic E-state index is -0.554. The quantitative estimate of drug-likeness (QED) is 0.299. The minimum absolute atomic E-state index is 0.231. The summed E-state index contributed by atoms with van der Waals surface area (Å²) < 4.78 is 7.76. The van der Waals surface area contributed by atoms with E-state index in [-0.39, 0.29) is 18.6 Å². The zero-order valence-corrected chi connectivity index (χ0v) is 21.3. The van der Waals surface area contributed by atoms with Gasteiger partial charge in [-0.25, -0.2) is 4.79 Å². The maximum Gasteiger partial charge on any atom is 0.410 e. The van der Waals surface area contributed by atoms with Crippen molar-refractivity contribution >= 4 is 40.2 Å². The number of aromatic amines is 1. The molecule has 2 aromatic heterocycles. The molecule has 8 nitrogen and oxygen atoms in total. The molecular weight excluding hydrogens is 492 g/mol. The first-order valence-corrected chi connectivity index (χ1v) is 13.0. The van der Waals surface area contributed by atoms with Gasteiger partial charge < -0.3 is 19.2 Å². The Labute approximate surface area is 225 Å². The van der Waals surface area contributed by atoms with Gasteiger partial charge in [-0.15, -0.1) is 0 Å². The highest BCUT2D eigenvalue weighted by molar-refractivity contribution is 5.97. The van der Waals surface area contributed by atoms with Crippen LogP contribution >= 0.6 is 0 Å². The number of carbonyl (C=O) groups excluding carboxylic acids is 3. The average Bonchev–Trinajstić information content (AvgIpc) is 3.49. The number of imide groups is 1. The van der Waals surface area contributed by atoms with Crippen LogP contribution in [0.15, 0.2) is 85.2 Å². The van der Waals surface area contributed by atoms with Gasteiger partial charge in [0.2, 0.25) is 12.3 Å². The summed E-state index contributed by atoms with van der Waals surface area (Å²) in [6.45, 7) is 1.77. The van der Waals surface area contributed by atoms with Crippen LogP contribution in [0.4, 0.5) is 4.79 Å². The van der Waals surface area contributed by atoms with E-state index in [2.05, 4.69) is 27.1 Å². The van der Waals surface area contributed by atoms with Gasteiger partial charge in [0.05, 0.1) is 18.0 Å². The molecule has 1 atom stereocenters. The predicted molar refractivity (Wildman–Crippen MR) is 148 cm³/mol. The van der Waals surface area contributed by atoms with Crippen molar-refractivity contribution in [3.05, 3.63) is 107 Å². The fraction of sp³-hybridized carbons (Fsp3) is 0.194. The van der Waals surface area contributed by atoms with Crippen LogP contribution in [0.1, 0.15) is 28.2 Å². The number of ether oxygens (including phenoxy) is 1. The summed E-state index contributed by atoms with van der Waals surface area (Å²) in [4.78, 5) is 42.2. The third kappa shape index (κ3) is 4.77. The zero-order valence-electron chi connectivity index (χ0n) is 21.3. The number of carbonyl (C=O) groups is 3. The van der Waals surface area contributed by atoms with Crippen LogP contribution in [0.5, 0.6) is 0 Å². The number of benzene rings is 3. The monoisotopic (exact) mass is 520 g/mol. The van der Waals surface area contributed by atoms with E-state index < -0.39 is 5.92 Å². The number of nitrogens with one attached hydrogen (secondary N) is 2. The molecule has 0 fully saturated rings. The predicted octanol–water partition coefficient (Wildman–Crippen LogP) is 4.87. The maximum atomic E-state index is 13.1. The summed E-state index contributed by atoms with van der Waals surface area (Å²) >= 11 is 0. The molecule has 1 unspecified atom stereocenters. The maximum absolute atomic E-state index is 13.1. The van der Waals surface area contributed by atoms with Gasteiger partial charge in [0.25, 0.3) is 0 Å². The van der Waals surface area contributed by atoms with Gasteiger partial charge in [0.15, 0.2) is 0 Å². The number of nitrogens with zero attached hydrogens (tertiary/aromatic N) is 2. The lowest BCUT2D eigenvalue weighted by Gasteiger charge is -2.20. The second-order valence-electron chi connectivity index (χ2n) is 9.80. The van der Waals surface area contributed by atoms with E-state index in [0.29, 0.717) is 32.5 Å². The molecule has 6 rings (SSSR count). The highest BCUT2D eigenvalue weighted by atomic mass is 16.6. The molecular formula is C31H28N4O4. The van der Waals surface area contributed by atoms with Gasteiger partial charge in [-0.2, -0.15) is 0 Å². The number of aromatic nitrogens is 2. The van der Waals surface area contributed by atoms with Crippen LogP contribution in [0.3, 0.4) is 0 Å². The van der Waals surface area contributed by atoms with Gasteiger partial charge in [0, 0.05) is 41.8 Å². The molecule has 8 heteroatoms. The number of amides is 3. The van der Waals surface area contributed by atoms with Crippen LogP contribution in [0.25, 0.3) is 21.8 Å². The molecule has 3 aromatic carbocycles. The largest absolute Gasteiger partial charge is 0.445 e. The van der Waals surface area contributed by atoms with Crippen molar-refractivity contribution in [3.63, 3.8) is 0 Å². The van der Waals surface area contributed by atoms with E-state index in [1.165, 1.54) is 0 Å². The van der Waals surface area contributed by atoms with E-state index in [1.54, 1.807) is 4.90 Å². The Bertz CT molecular complexity index is 1670. The van der Waals surface area contributed by atoms with Crippen molar-refractivity contribution in [3.8, 4) is 0 Å². The number of rotatable bonds is 7. The number of para-hydroxylation sites is 2. The Morgan fingerprint density at radius 3 is 2.62 bits per heavy atom. The van der Waals surface area contributed by atoms with Crippen molar-refractivity contribution in [2.45, 2.75) is 32.0 Å². The van der Waals surface area contributed by atoms with Crippen LogP contribution in [-0.4, -0.2) is 39.4 Å². The zero-order chi connectivity index (χ0) is 26.8. The van der Waals surface area contributed by atoms with E-state index in [9.17, 15) is 14.4 Å². The highest BCUT2D eigenvalue weighted by Crippen LogP contribution is 2.34. The van der Waals surface area contributed by atoms with Gasteiger partial charge in [0.1, 0.15) is 6.61 Å². The smallest absolute Gasteiger partial charge is 0.410 e. The van der Waals surface area contributed by atoms with Crippen molar-refractivity contribution < 1.29 is 19.1 Å². The standard InChI is InChI=1S/C31H28N4O4/c36-20-33-30(37)26(27-16-32-28-12-5-4-10-25(27)28)15-23-18-34-13-14-35(17-22-9-6-11-24(23)29(22)34)31(38)39-19-21-7-2-1-3-8-21/h1-12,16,18,20,26,32H,13-15,17,19H2,(H,33,36,37). The molecule has 1 aliphatic heterocycles. The number of hydrogen-bond donors (Lipinski definition) is 2. The van der Waals surface area contributed by atoms with Crippen molar-refractivity contribution in [2.75, 3.05) is 6.54 Å².